The molecule has 3 rings (SSSR count). The highest BCUT2D eigenvalue weighted by atomic mass is 35.5. The Balaban J connectivity index is 1.64. The van der Waals surface area contributed by atoms with Gasteiger partial charge in [0.15, 0.2) is 0 Å². The maximum atomic E-state index is 12.8. The van der Waals surface area contributed by atoms with Crippen LogP contribution in [0.1, 0.15) is 10.4 Å². The minimum absolute atomic E-state index is 0.0151. The van der Waals surface area contributed by atoms with Crippen LogP contribution in [-0.4, -0.2) is 58.1 Å². The standard InChI is InChI=1S/C19H20Cl2N2O5S/c20-16-6-5-14(29(25,26)23-8-11-27-12-9-23)13-15(16)19(24)22-7-10-28-18-4-2-1-3-17(18)21/h1-6,13H,7-12H2,(H,22,24). The zero-order chi connectivity index (χ0) is 20.9. The highest BCUT2D eigenvalue weighted by Gasteiger charge is 2.27. The number of carbonyl (C=O) groups is 1. The second-order valence-electron chi connectivity index (χ2n) is 6.19. The van der Waals surface area contributed by atoms with E-state index >= 15 is 0 Å². The Kier molecular flexibility index (Phi) is 7.37. The number of amides is 1. The molecule has 1 N–H and O–H groups in total. The summed E-state index contributed by atoms with van der Waals surface area (Å²) in [5.74, 6) is 0.0248. The topological polar surface area (TPSA) is 84.9 Å². The Hall–Kier alpha value is -1.84. The van der Waals surface area contributed by atoms with Crippen molar-refractivity contribution in [3.8, 4) is 5.75 Å². The number of nitrogens with zero attached hydrogens (tertiary/aromatic N) is 1. The van der Waals surface area contributed by atoms with E-state index in [4.69, 9.17) is 32.7 Å². The molecule has 0 radical (unpaired) electrons. The van der Waals surface area contributed by atoms with Gasteiger partial charge in [-0.1, -0.05) is 35.3 Å². The minimum Gasteiger partial charge on any atom is -0.490 e. The van der Waals surface area contributed by atoms with Crippen LogP contribution in [0.2, 0.25) is 10.0 Å². The van der Waals surface area contributed by atoms with Crippen molar-refractivity contribution in [3.63, 3.8) is 0 Å². The van der Waals surface area contributed by atoms with E-state index in [9.17, 15) is 13.2 Å². The summed E-state index contributed by atoms with van der Waals surface area (Å²) < 4.78 is 37.6. The van der Waals surface area contributed by atoms with E-state index < -0.39 is 15.9 Å². The first kappa shape index (κ1) is 21.9. The van der Waals surface area contributed by atoms with Crippen LogP contribution in [-0.2, 0) is 14.8 Å². The average Bonchev–Trinajstić information content (AvgIpc) is 2.73. The number of morpholine rings is 1. The maximum absolute atomic E-state index is 12.8. The highest BCUT2D eigenvalue weighted by molar-refractivity contribution is 7.89. The molecule has 10 heteroatoms. The lowest BCUT2D eigenvalue weighted by Gasteiger charge is -2.26. The van der Waals surface area contributed by atoms with Crippen LogP contribution >= 0.6 is 23.2 Å². The molecule has 1 heterocycles. The molecule has 29 heavy (non-hydrogen) atoms. The number of rotatable bonds is 7. The third-order valence-electron chi connectivity index (χ3n) is 4.27. The van der Waals surface area contributed by atoms with Crippen molar-refractivity contribution in [2.24, 2.45) is 0 Å². The molecule has 1 fully saturated rings. The van der Waals surface area contributed by atoms with Crippen LogP contribution in [0.15, 0.2) is 47.4 Å². The van der Waals surface area contributed by atoms with E-state index in [-0.39, 0.29) is 41.7 Å². The zero-order valence-electron chi connectivity index (χ0n) is 15.4. The third-order valence-corrected chi connectivity index (χ3v) is 6.81. The zero-order valence-corrected chi connectivity index (χ0v) is 17.8. The smallest absolute Gasteiger partial charge is 0.252 e. The molecule has 0 bridgehead atoms. The normalized spacial score (nSPS) is 15.1. The fourth-order valence-corrected chi connectivity index (χ4v) is 4.59. The summed E-state index contributed by atoms with van der Waals surface area (Å²) in [6.45, 7) is 1.61. The summed E-state index contributed by atoms with van der Waals surface area (Å²) in [6.07, 6.45) is 0. The Morgan fingerprint density at radius 3 is 2.55 bits per heavy atom. The minimum atomic E-state index is -3.73. The third kappa shape index (κ3) is 5.40. The SMILES string of the molecule is O=C(NCCOc1ccccc1Cl)c1cc(S(=O)(=O)N2CCOCC2)ccc1Cl. The van der Waals surface area contributed by atoms with Crippen molar-refractivity contribution >= 4 is 39.1 Å². The monoisotopic (exact) mass is 458 g/mol. The molecule has 0 aliphatic carbocycles. The van der Waals surface area contributed by atoms with Crippen LogP contribution in [0.3, 0.4) is 0 Å². The molecule has 1 amide bonds. The van der Waals surface area contributed by atoms with Crippen LogP contribution in [0.4, 0.5) is 0 Å². The van der Waals surface area contributed by atoms with Crippen molar-refractivity contribution in [1.82, 2.24) is 9.62 Å². The first-order chi connectivity index (χ1) is 13.9. The van der Waals surface area contributed by atoms with Crippen LogP contribution in [0.25, 0.3) is 0 Å². The van der Waals surface area contributed by atoms with Gasteiger partial charge in [-0.15, -0.1) is 0 Å². The quantitative estimate of drug-likeness (QED) is 0.644. The first-order valence-electron chi connectivity index (χ1n) is 8.92. The van der Waals surface area contributed by atoms with Crippen molar-refractivity contribution in [2.75, 3.05) is 39.5 Å². The van der Waals surface area contributed by atoms with Crippen LogP contribution < -0.4 is 10.1 Å². The van der Waals surface area contributed by atoms with Gasteiger partial charge in [0.2, 0.25) is 10.0 Å². The van der Waals surface area contributed by atoms with Gasteiger partial charge in [-0.3, -0.25) is 4.79 Å². The van der Waals surface area contributed by atoms with Crippen molar-refractivity contribution in [3.05, 3.63) is 58.1 Å². The van der Waals surface area contributed by atoms with Crippen LogP contribution in [0.5, 0.6) is 5.75 Å². The fraction of sp³-hybridized carbons (Fsp3) is 0.316. The molecule has 0 unspecified atom stereocenters. The van der Waals surface area contributed by atoms with Gasteiger partial charge >= 0.3 is 0 Å². The molecule has 156 valence electrons. The van der Waals surface area contributed by atoms with Gasteiger partial charge in [-0.25, -0.2) is 8.42 Å². The summed E-state index contributed by atoms with van der Waals surface area (Å²) in [6, 6.07) is 11.1. The second kappa shape index (κ2) is 9.77. The molecule has 7 nitrogen and oxygen atoms in total. The molecule has 1 saturated heterocycles. The predicted molar refractivity (Wildman–Crippen MR) is 110 cm³/mol. The van der Waals surface area contributed by atoms with Crippen molar-refractivity contribution in [1.29, 1.82) is 0 Å². The Labute approximate surface area is 179 Å². The predicted octanol–water partition coefficient (Wildman–Crippen LogP) is 2.82. The highest BCUT2D eigenvalue weighted by Crippen LogP contribution is 2.24. The summed E-state index contributed by atoms with van der Waals surface area (Å²) in [4.78, 5) is 12.5. The lowest BCUT2D eigenvalue weighted by molar-refractivity contribution is 0.0730. The molecular formula is C19H20Cl2N2O5S. The largest absolute Gasteiger partial charge is 0.490 e. The molecule has 1 aliphatic rings. The fourth-order valence-electron chi connectivity index (χ4n) is 2.76. The summed E-state index contributed by atoms with van der Waals surface area (Å²) in [5, 5.41) is 3.31. The van der Waals surface area contributed by atoms with Gasteiger partial charge in [0.05, 0.1) is 40.3 Å². The maximum Gasteiger partial charge on any atom is 0.252 e. The molecule has 2 aromatic rings. The number of hydrogen-bond donors (Lipinski definition) is 1. The number of nitrogens with one attached hydrogen (secondary N) is 1. The number of para-hydroxylation sites is 1. The van der Waals surface area contributed by atoms with Crippen molar-refractivity contribution in [2.45, 2.75) is 4.90 Å². The Bertz CT molecular complexity index is 978. The van der Waals surface area contributed by atoms with E-state index in [0.717, 1.165) is 0 Å². The Morgan fingerprint density at radius 2 is 1.83 bits per heavy atom. The lowest BCUT2D eigenvalue weighted by Crippen LogP contribution is -2.40. The van der Waals surface area contributed by atoms with Gasteiger partial charge in [-0.05, 0) is 30.3 Å². The summed E-state index contributed by atoms with van der Waals surface area (Å²) in [5.41, 5.74) is 0.0822. The van der Waals surface area contributed by atoms with E-state index in [0.29, 0.717) is 24.0 Å². The molecule has 2 aromatic carbocycles. The number of benzene rings is 2. The molecule has 0 saturated carbocycles. The van der Waals surface area contributed by atoms with E-state index in [1.807, 2.05) is 0 Å². The van der Waals surface area contributed by atoms with Crippen LogP contribution in [0, 0.1) is 0 Å². The second-order valence-corrected chi connectivity index (χ2v) is 8.95. The van der Waals surface area contributed by atoms with Crippen molar-refractivity contribution < 1.29 is 22.7 Å². The average molecular weight is 459 g/mol. The molecule has 0 aromatic heterocycles. The first-order valence-corrected chi connectivity index (χ1v) is 11.1. The number of hydrogen-bond acceptors (Lipinski definition) is 5. The molecule has 0 atom stereocenters. The van der Waals surface area contributed by atoms with Gasteiger partial charge in [-0.2, -0.15) is 4.31 Å². The lowest BCUT2D eigenvalue weighted by atomic mass is 10.2. The number of halogens is 2. The molecule has 0 spiro atoms. The molecule has 1 aliphatic heterocycles. The van der Waals surface area contributed by atoms with E-state index in [2.05, 4.69) is 5.32 Å². The summed E-state index contributed by atoms with van der Waals surface area (Å²) >= 11 is 12.1. The summed E-state index contributed by atoms with van der Waals surface area (Å²) in [7, 11) is -3.73. The van der Waals surface area contributed by atoms with Gasteiger partial charge in [0, 0.05) is 13.1 Å². The van der Waals surface area contributed by atoms with E-state index in [1.54, 1.807) is 24.3 Å². The number of sulfonamides is 1. The molecular weight excluding hydrogens is 439 g/mol. The van der Waals surface area contributed by atoms with Gasteiger partial charge < -0.3 is 14.8 Å². The van der Waals surface area contributed by atoms with Gasteiger partial charge in [0.25, 0.3) is 5.91 Å². The Morgan fingerprint density at radius 1 is 1.10 bits per heavy atom. The van der Waals surface area contributed by atoms with Gasteiger partial charge in [0.1, 0.15) is 12.4 Å². The number of carbonyl (C=O) groups excluding carboxylic acids is 1. The van der Waals surface area contributed by atoms with E-state index in [1.165, 1.54) is 22.5 Å². The number of ether oxygens (including phenoxy) is 2.